The van der Waals surface area contributed by atoms with E-state index in [2.05, 4.69) is 14.7 Å². The lowest BCUT2D eigenvalue weighted by molar-refractivity contribution is -0.0498. The molecule has 0 radical (unpaired) electrons. The number of anilines is 1. The third-order valence-electron chi connectivity index (χ3n) is 3.30. The highest BCUT2D eigenvalue weighted by Crippen LogP contribution is 2.28. The number of nitrogens with two attached hydrogens (primary N) is 1. The fourth-order valence-corrected chi connectivity index (χ4v) is 2.38. The summed E-state index contributed by atoms with van der Waals surface area (Å²) >= 11 is 0. The van der Waals surface area contributed by atoms with E-state index in [-0.39, 0.29) is 5.75 Å². The number of hydrogen-bond donors (Lipinski definition) is 1. The Morgan fingerprint density at radius 3 is 2.55 bits per heavy atom. The van der Waals surface area contributed by atoms with E-state index in [0.717, 1.165) is 36.1 Å². The van der Waals surface area contributed by atoms with Crippen molar-refractivity contribution in [2.24, 2.45) is 0 Å². The fourth-order valence-electron chi connectivity index (χ4n) is 2.38. The quantitative estimate of drug-likeness (QED) is 0.937. The van der Waals surface area contributed by atoms with Gasteiger partial charge in [-0.3, -0.25) is 0 Å². The molecule has 1 aromatic carbocycles. The topological polar surface area (TPSA) is 61.0 Å². The van der Waals surface area contributed by atoms with E-state index in [4.69, 9.17) is 5.73 Å². The molecule has 3 rings (SSSR count). The number of nitrogen functional groups attached to an aromatic ring is 1. The fraction of sp³-hybridized carbons (Fsp3) is 0.286. The van der Waals surface area contributed by atoms with Crippen LogP contribution in [0.25, 0.3) is 11.4 Å². The lowest BCUT2D eigenvalue weighted by atomic mass is 10.2. The van der Waals surface area contributed by atoms with Crippen molar-refractivity contribution in [2.45, 2.75) is 25.9 Å². The van der Waals surface area contributed by atoms with Crippen LogP contribution in [0.3, 0.4) is 0 Å². The van der Waals surface area contributed by atoms with Gasteiger partial charge in [0, 0.05) is 16.8 Å². The van der Waals surface area contributed by atoms with E-state index in [1.165, 1.54) is 12.1 Å². The molecule has 0 aliphatic heterocycles. The van der Waals surface area contributed by atoms with E-state index in [1.807, 2.05) is 0 Å². The van der Waals surface area contributed by atoms with E-state index < -0.39 is 6.61 Å². The van der Waals surface area contributed by atoms with Gasteiger partial charge in [0.05, 0.1) is 0 Å². The van der Waals surface area contributed by atoms with Crippen LogP contribution in [0.2, 0.25) is 0 Å². The van der Waals surface area contributed by atoms with Gasteiger partial charge in [0.25, 0.3) is 0 Å². The second kappa shape index (κ2) is 5.03. The Labute approximate surface area is 114 Å². The molecule has 0 saturated heterocycles. The van der Waals surface area contributed by atoms with Gasteiger partial charge in [-0.2, -0.15) is 8.78 Å². The summed E-state index contributed by atoms with van der Waals surface area (Å²) in [5.41, 5.74) is 8.68. The van der Waals surface area contributed by atoms with E-state index in [1.54, 1.807) is 12.1 Å². The lowest BCUT2D eigenvalue weighted by Crippen LogP contribution is -2.03. The largest absolute Gasteiger partial charge is 0.435 e. The van der Waals surface area contributed by atoms with Crippen LogP contribution in [0.4, 0.5) is 14.6 Å². The number of aryl methyl sites for hydroxylation is 1. The lowest BCUT2D eigenvalue weighted by Gasteiger charge is -2.08. The molecule has 0 unspecified atom stereocenters. The first-order chi connectivity index (χ1) is 9.63. The van der Waals surface area contributed by atoms with Crippen molar-refractivity contribution >= 4 is 5.82 Å². The number of aromatic nitrogens is 2. The first kappa shape index (κ1) is 12.8. The van der Waals surface area contributed by atoms with Gasteiger partial charge in [0.1, 0.15) is 11.6 Å². The van der Waals surface area contributed by atoms with Crippen molar-refractivity contribution < 1.29 is 13.5 Å². The highest BCUT2D eigenvalue weighted by atomic mass is 19.3. The molecule has 1 aliphatic carbocycles. The number of benzene rings is 1. The number of fused-ring (bicyclic) bond motifs is 1. The SMILES string of the molecule is Nc1nc(-c2ccc(OC(F)F)cc2)nc2c1CCC2. The number of alkyl halides is 2. The summed E-state index contributed by atoms with van der Waals surface area (Å²) in [4.78, 5) is 8.78. The molecule has 2 N–H and O–H groups in total. The first-order valence-electron chi connectivity index (χ1n) is 6.34. The van der Waals surface area contributed by atoms with Crippen LogP contribution < -0.4 is 10.5 Å². The van der Waals surface area contributed by atoms with E-state index in [9.17, 15) is 8.78 Å². The van der Waals surface area contributed by atoms with Crippen molar-refractivity contribution in [3.8, 4) is 17.1 Å². The molecule has 0 saturated carbocycles. The molecule has 4 nitrogen and oxygen atoms in total. The first-order valence-corrected chi connectivity index (χ1v) is 6.34. The zero-order valence-electron chi connectivity index (χ0n) is 10.6. The number of nitrogens with zero attached hydrogens (tertiary/aromatic N) is 2. The molecule has 6 heteroatoms. The van der Waals surface area contributed by atoms with Crippen LogP contribution in [-0.4, -0.2) is 16.6 Å². The summed E-state index contributed by atoms with van der Waals surface area (Å²) in [5.74, 6) is 1.14. The maximum Gasteiger partial charge on any atom is 0.387 e. The van der Waals surface area contributed by atoms with Gasteiger partial charge in [0.15, 0.2) is 5.82 Å². The minimum Gasteiger partial charge on any atom is -0.435 e. The molecule has 0 spiro atoms. The van der Waals surface area contributed by atoms with E-state index >= 15 is 0 Å². The van der Waals surface area contributed by atoms with Crippen LogP contribution >= 0.6 is 0 Å². The predicted octanol–water partition coefficient (Wildman–Crippen LogP) is 2.82. The molecule has 0 amide bonds. The van der Waals surface area contributed by atoms with Gasteiger partial charge in [0.2, 0.25) is 0 Å². The average molecular weight is 277 g/mol. The van der Waals surface area contributed by atoms with Gasteiger partial charge < -0.3 is 10.5 Å². The normalized spacial score (nSPS) is 13.6. The Balaban J connectivity index is 1.91. The maximum absolute atomic E-state index is 12.1. The van der Waals surface area contributed by atoms with E-state index in [0.29, 0.717) is 11.6 Å². The number of ether oxygens (including phenoxy) is 1. The molecule has 104 valence electrons. The maximum atomic E-state index is 12.1. The summed E-state index contributed by atoms with van der Waals surface area (Å²) < 4.78 is 28.5. The summed E-state index contributed by atoms with van der Waals surface area (Å²) in [7, 11) is 0. The Hall–Kier alpha value is -2.24. The Morgan fingerprint density at radius 1 is 1.10 bits per heavy atom. The van der Waals surface area contributed by atoms with Crippen molar-refractivity contribution in [1.29, 1.82) is 0 Å². The smallest absolute Gasteiger partial charge is 0.387 e. The van der Waals surface area contributed by atoms with Crippen LogP contribution in [-0.2, 0) is 12.8 Å². The third-order valence-corrected chi connectivity index (χ3v) is 3.30. The van der Waals surface area contributed by atoms with Crippen molar-refractivity contribution in [3.63, 3.8) is 0 Å². The van der Waals surface area contributed by atoms with Gasteiger partial charge in [-0.05, 0) is 43.5 Å². The molecule has 1 aliphatic rings. The second-order valence-electron chi connectivity index (χ2n) is 4.61. The Kier molecular flexibility index (Phi) is 3.22. The van der Waals surface area contributed by atoms with Gasteiger partial charge in [-0.25, -0.2) is 9.97 Å². The monoisotopic (exact) mass is 277 g/mol. The van der Waals surface area contributed by atoms with Crippen molar-refractivity contribution in [2.75, 3.05) is 5.73 Å². The third kappa shape index (κ3) is 2.41. The molecule has 20 heavy (non-hydrogen) atoms. The predicted molar refractivity (Wildman–Crippen MR) is 70.5 cm³/mol. The minimum absolute atomic E-state index is 0.109. The number of hydrogen-bond acceptors (Lipinski definition) is 4. The molecule has 0 fully saturated rings. The summed E-state index contributed by atoms with van der Waals surface area (Å²) in [6.45, 7) is -2.83. The molecular formula is C14H13F2N3O. The Bertz CT molecular complexity index is 629. The van der Waals surface area contributed by atoms with Crippen LogP contribution in [0.15, 0.2) is 24.3 Å². The summed E-state index contributed by atoms with van der Waals surface area (Å²) in [5, 5.41) is 0. The minimum atomic E-state index is -2.83. The van der Waals surface area contributed by atoms with Crippen LogP contribution in [0.5, 0.6) is 5.75 Å². The van der Waals surface area contributed by atoms with Gasteiger partial charge in [-0.1, -0.05) is 0 Å². The van der Waals surface area contributed by atoms with Gasteiger partial charge >= 0.3 is 6.61 Å². The number of halogens is 2. The molecule has 2 aromatic rings. The van der Waals surface area contributed by atoms with Gasteiger partial charge in [-0.15, -0.1) is 0 Å². The molecule has 1 aromatic heterocycles. The zero-order chi connectivity index (χ0) is 14.1. The number of rotatable bonds is 3. The van der Waals surface area contributed by atoms with Crippen LogP contribution in [0.1, 0.15) is 17.7 Å². The Morgan fingerprint density at radius 2 is 1.85 bits per heavy atom. The second-order valence-corrected chi connectivity index (χ2v) is 4.61. The molecular weight excluding hydrogens is 264 g/mol. The summed E-state index contributed by atoms with van der Waals surface area (Å²) in [6, 6.07) is 6.23. The van der Waals surface area contributed by atoms with Crippen molar-refractivity contribution in [3.05, 3.63) is 35.5 Å². The highest BCUT2D eigenvalue weighted by Gasteiger charge is 2.18. The molecule has 1 heterocycles. The van der Waals surface area contributed by atoms with Crippen molar-refractivity contribution in [1.82, 2.24) is 9.97 Å². The average Bonchev–Trinajstić information content (AvgIpc) is 2.87. The standard InChI is InChI=1S/C14H13F2N3O/c15-14(16)20-9-6-4-8(5-7-9)13-18-11-3-1-2-10(11)12(17)19-13/h4-7,14H,1-3H2,(H2,17,18,19). The molecule has 0 atom stereocenters. The van der Waals surface area contributed by atoms with Crippen LogP contribution in [0, 0.1) is 0 Å². The zero-order valence-corrected chi connectivity index (χ0v) is 10.6. The summed E-state index contributed by atoms with van der Waals surface area (Å²) in [6.07, 6.45) is 2.86. The molecule has 0 bridgehead atoms. The highest BCUT2D eigenvalue weighted by molar-refractivity contribution is 5.60.